The second kappa shape index (κ2) is 8.86. The van der Waals surface area contributed by atoms with Gasteiger partial charge in [0, 0.05) is 36.9 Å². The Labute approximate surface area is 172 Å². The molecule has 2 aromatic heterocycles. The standard InChI is InChI=1S/C21H23N3O4S/c1-14-5-7-15(8-6-14)16-12-29-20-19(16)21(26)24(13-22-20)10-9-17(25)23-28-18-4-2-3-11-27-18/h5-8,12-13,18H,2-4,9-11H2,1H3,(H,23,25)/t18-/m0/s1. The lowest BCUT2D eigenvalue weighted by atomic mass is 10.1. The predicted octanol–water partition coefficient (Wildman–Crippen LogP) is 3.40. The number of rotatable bonds is 6. The Morgan fingerprint density at radius 1 is 1.34 bits per heavy atom. The van der Waals surface area contributed by atoms with Crippen LogP contribution in [0.1, 0.15) is 31.2 Å². The number of benzene rings is 1. The average Bonchev–Trinajstić information content (AvgIpc) is 3.18. The molecule has 152 valence electrons. The SMILES string of the molecule is Cc1ccc(-c2csc3ncn(CCC(=O)NO[C@H]4CCCCO4)c(=O)c23)cc1. The first-order valence-corrected chi connectivity index (χ1v) is 10.6. The summed E-state index contributed by atoms with van der Waals surface area (Å²) in [6, 6.07) is 8.06. The number of thiophene rings is 1. The molecule has 7 nitrogen and oxygen atoms in total. The highest BCUT2D eigenvalue weighted by Crippen LogP contribution is 2.30. The molecule has 1 saturated heterocycles. The van der Waals surface area contributed by atoms with Gasteiger partial charge in [-0.25, -0.2) is 15.3 Å². The van der Waals surface area contributed by atoms with Crippen LogP contribution in [0.2, 0.25) is 0 Å². The molecule has 1 aliphatic heterocycles. The number of aryl methyl sites for hydroxylation is 2. The molecule has 0 unspecified atom stereocenters. The van der Waals surface area contributed by atoms with Crippen LogP contribution >= 0.6 is 11.3 Å². The van der Waals surface area contributed by atoms with E-state index in [1.54, 1.807) is 0 Å². The summed E-state index contributed by atoms with van der Waals surface area (Å²) in [5, 5.41) is 2.55. The van der Waals surface area contributed by atoms with Gasteiger partial charge in [0.25, 0.3) is 5.56 Å². The number of fused-ring (bicyclic) bond motifs is 1. The van der Waals surface area contributed by atoms with Crippen molar-refractivity contribution in [2.75, 3.05) is 6.61 Å². The van der Waals surface area contributed by atoms with E-state index in [0.29, 0.717) is 16.8 Å². The number of carbonyl (C=O) groups is 1. The predicted molar refractivity (Wildman–Crippen MR) is 111 cm³/mol. The number of ether oxygens (including phenoxy) is 1. The lowest BCUT2D eigenvalue weighted by molar-refractivity contribution is -0.200. The molecule has 3 heterocycles. The van der Waals surface area contributed by atoms with Crippen LogP contribution in [0.25, 0.3) is 21.3 Å². The van der Waals surface area contributed by atoms with Crippen molar-refractivity contribution in [1.29, 1.82) is 0 Å². The molecule has 1 aromatic carbocycles. The molecule has 1 aliphatic rings. The summed E-state index contributed by atoms with van der Waals surface area (Å²) < 4.78 is 6.89. The van der Waals surface area contributed by atoms with E-state index in [2.05, 4.69) is 10.5 Å². The molecule has 1 N–H and O–H groups in total. The van der Waals surface area contributed by atoms with E-state index in [-0.39, 0.29) is 24.4 Å². The molecule has 0 aliphatic carbocycles. The summed E-state index contributed by atoms with van der Waals surface area (Å²) in [5.74, 6) is -0.296. The van der Waals surface area contributed by atoms with Gasteiger partial charge >= 0.3 is 0 Å². The normalized spacial score (nSPS) is 16.8. The number of aromatic nitrogens is 2. The number of hydrogen-bond donors (Lipinski definition) is 1. The zero-order valence-electron chi connectivity index (χ0n) is 16.2. The van der Waals surface area contributed by atoms with Crippen LogP contribution in [0.4, 0.5) is 0 Å². The van der Waals surface area contributed by atoms with Gasteiger partial charge in [0.1, 0.15) is 4.83 Å². The molecule has 4 rings (SSSR count). The van der Waals surface area contributed by atoms with Crippen molar-refractivity contribution in [3.8, 4) is 11.1 Å². The summed E-state index contributed by atoms with van der Waals surface area (Å²) in [4.78, 5) is 35.5. The third-order valence-corrected chi connectivity index (χ3v) is 5.83. The third-order valence-electron chi connectivity index (χ3n) is 4.95. The number of nitrogens with one attached hydrogen (secondary N) is 1. The summed E-state index contributed by atoms with van der Waals surface area (Å²) in [7, 11) is 0. The summed E-state index contributed by atoms with van der Waals surface area (Å²) >= 11 is 1.45. The fourth-order valence-corrected chi connectivity index (χ4v) is 4.19. The third kappa shape index (κ3) is 4.55. The van der Waals surface area contributed by atoms with Crippen molar-refractivity contribution in [3.63, 3.8) is 0 Å². The molecule has 0 radical (unpaired) electrons. The molecular weight excluding hydrogens is 390 g/mol. The maximum atomic E-state index is 13.0. The monoisotopic (exact) mass is 413 g/mol. The lowest BCUT2D eigenvalue weighted by Crippen LogP contribution is -2.34. The van der Waals surface area contributed by atoms with Crippen LogP contribution in [0.3, 0.4) is 0 Å². The minimum Gasteiger partial charge on any atom is -0.350 e. The highest BCUT2D eigenvalue weighted by molar-refractivity contribution is 7.17. The Morgan fingerprint density at radius 3 is 2.93 bits per heavy atom. The second-order valence-electron chi connectivity index (χ2n) is 7.13. The van der Waals surface area contributed by atoms with Crippen LogP contribution in [0.15, 0.2) is 40.8 Å². The molecule has 1 amide bonds. The van der Waals surface area contributed by atoms with Crippen molar-refractivity contribution >= 4 is 27.5 Å². The largest absolute Gasteiger partial charge is 0.350 e. The molecule has 1 atom stereocenters. The first-order chi connectivity index (χ1) is 14.1. The minimum absolute atomic E-state index is 0.115. The van der Waals surface area contributed by atoms with Crippen molar-refractivity contribution in [1.82, 2.24) is 15.0 Å². The van der Waals surface area contributed by atoms with E-state index < -0.39 is 6.29 Å². The number of hydrogen-bond acceptors (Lipinski definition) is 6. The van der Waals surface area contributed by atoms with Gasteiger partial charge in [-0.05, 0) is 25.3 Å². The molecular formula is C21H23N3O4S. The molecule has 8 heteroatoms. The van der Waals surface area contributed by atoms with Gasteiger partial charge in [-0.15, -0.1) is 11.3 Å². The maximum absolute atomic E-state index is 13.0. The smallest absolute Gasteiger partial charge is 0.262 e. The van der Waals surface area contributed by atoms with E-state index in [0.717, 1.165) is 36.0 Å². The number of nitrogens with zero attached hydrogens (tertiary/aromatic N) is 2. The number of hydroxylamine groups is 1. The number of amides is 1. The van der Waals surface area contributed by atoms with E-state index in [9.17, 15) is 9.59 Å². The van der Waals surface area contributed by atoms with E-state index in [1.807, 2.05) is 36.6 Å². The highest BCUT2D eigenvalue weighted by Gasteiger charge is 2.17. The van der Waals surface area contributed by atoms with Crippen molar-refractivity contribution in [2.24, 2.45) is 0 Å². The van der Waals surface area contributed by atoms with Crippen LogP contribution in [0, 0.1) is 6.92 Å². The fraction of sp³-hybridized carbons (Fsp3) is 0.381. The average molecular weight is 413 g/mol. The lowest BCUT2D eigenvalue weighted by Gasteiger charge is -2.22. The van der Waals surface area contributed by atoms with Crippen LogP contribution < -0.4 is 11.0 Å². The Kier molecular flexibility index (Phi) is 6.03. The second-order valence-corrected chi connectivity index (χ2v) is 7.99. The topological polar surface area (TPSA) is 82.5 Å². The van der Waals surface area contributed by atoms with Gasteiger partial charge in [-0.1, -0.05) is 29.8 Å². The van der Waals surface area contributed by atoms with Crippen LogP contribution in [-0.4, -0.2) is 28.4 Å². The van der Waals surface area contributed by atoms with Crippen LogP contribution in [0.5, 0.6) is 0 Å². The number of carbonyl (C=O) groups excluding carboxylic acids is 1. The van der Waals surface area contributed by atoms with E-state index >= 15 is 0 Å². The molecule has 1 fully saturated rings. The Balaban J connectivity index is 1.46. The fourth-order valence-electron chi connectivity index (χ4n) is 3.28. The van der Waals surface area contributed by atoms with Crippen molar-refractivity contribution in [3.05, 3.63) is 51.9 Å². The molecule has 0 bridgehead atoms. The Bertz CT molecular complexity index is 1050. The van der Waals surface area contributed by atoms with Gasteiger partial charge in [-0.3, -0.25) is 14.2 Å². The quantitative estimate of drug-likeness (QED) is 0.627. The zero-order chi connectivity index (χ0) is 20.2. The minimum atomic E-state index is -0.392. The van der Waals surface area contributed by atoms with E-state index in [4.69, 9.17) is 9.57 Å². The molecule has 0 spiro atoms. The first kappa shape index (κ1) is 19.8. The highest BCUT2D eigenvalue weighted by atomic mass is 32.1. The van der Waals surface area contributed by atoms with Gasteiger partial charge in [0.2, 0.25) is 5.91 Å². The van der Waals surface area contributed by atoms with Gasteiger partial charge < -0.3 is 4.74 Å². The summed E-state index contributed by atoms with van der Waals surface area (Å²) in [5.41, 5.74) is 5.30. The first-order valence-electron chi connectivity index (χ1n) is 9.71. The Morgan fingerprint density at radius 2 is 2.17 bits per heavy atom. The Hall–Kier alpha value is -2.55. The van der Waals surface area contributed by atoms with Gasteiger partial charge in [-0.2, -0.15) is 0 Å². The van der Waals surface area contributed by atoms with Gasteiger partial charge in [0.15, 0.2) is 6.29 Å². The van der Waals surface area contributed by atoms with Gasteiger partial charge in [0.05, 0.1) is 11.7 Å². The van der Waals surface area contributed by atoms with Crippen LogP contribution in [-0.2, 0) is 20.9 Å². The summed E-state index contributed by atoms with van der Waals surface area (Å²) in [6.07, 6.45) is 4.02. The molecule has 29 heavy (non-hydrogen) atoms. The van der Waals surface area contributed by atoms with Crippen molar-refractivity contribution in [2.45, 2.75) is 45.4 Å². The summed E-state index contributed by atoms with van der Waals surface area (Å²) in [6.45, 7) is 2.90. The molecule has 0 saturated carbocycles. The molecule has 3 aromatic rings. The van der Waals surface area contributed by atoms with E-state index in [1.165, 1.54) is 22.2 Å². The maximum Gasteiger partial charge on any atom is 0.262 e. The zero-order valence-corrected chi connectivity index (χ0v) is 17.0. The van der Waals surface area contributed by atoms with Crippen molar-refractivity contribution < 1.29 is 14.4 Å².